The molecule has 6 heteroatoms. The van der Waals surface area contributed by atoms with Gasteiger partial charge in [-0.05, 0) is 18.1 Å². The number of rotatable bonds is 10. The summed E-state index contributed by atoms with van der Waals surface area (Å²) in [6, 6.07) is 27.3. The fourth-order valence-electron chi connectivity index (χ4n) is 2.63. The third-order valence-electron chi connectivity index (χ3n) is 4.18. The summed E-state index contributed by atoms with van der Waals surface area (Å²) >= 11 is 0. The molecule has 1 atom stereocenters. The summed E-state index contributed by atoms with van der Waals surface area (Å²) in [4.78, 5) is 12.6. The van der Waals surface area contributed by atoms with Crippen molar-refractivity contribution in [3.63, 3.8) is 0 Å². The zero-order valence-electron chi connectivity index (χ0n) is 16.1. The minimum absolute atomic E-state index is 0.0408. The first-order valence-corrected chi connectivity index (χ1v) is 10.8. The number of ketones is 1. The Morgan fingerprint density at radius 2 is 1.17 bits per heavy atom. The van der Waals surface area contributed by atoms with Crippen LogP contribution in [0.4, 0.5) is 0 Å². The van der Waals surface area contributed by atoms with E-state index in [9.17, 15) is 9.36 Å². The van der Waals surface area contributed by atoms with E-state index in [1.54, 1.807) is 31.2 Å². The van der Waals surface area contributed by atoms with E-state index in [1.165, 1.54) is 0 Å². The third-order valence-corrected chi connectivity index (χ3v) is 5.64. The smallest absolute Gasteiger partial charge is 0.291 e. The van der Waals surface area contributed by atoms with Gasteiger partial charge in [-0.2, -0.15) is 0 Å². The van der Waals surface area contributed by atoms with Crippen molar-refractivity contribution in [2.75, 3.05) is 0 Å². The number of carbonyl (C=O) groups excluding carboxylic acids is 1. The fourth-order valence-corrected chi connectivity index (χ4v) is 3.93. The normalized spacial score (nSPS) is 12.4. The van der Waals surface area contributed by atoms with Crippen LogP contribution in [0.1, 0.15) is 28.4 Å². The number of Topliss-reactive ketones (excluding diaryl/α,β-unsaturated/α-hetero) is 1. The third kappa shape index (κ3) is 6.48. The molecule has 1 unspecified atom stereocenters. The molecule has 0 amide bonds. The van der Waals surface area contributed by atoms with E-state index in [0.29, 0.717) is 5.56 Å². The van der Waals surface area contributed by atoms with Crippen LogP contribution in [-0.4, -0.2) is 11.9 Å². The molecule has 0 aliphatic heterocycles. The summed E-state index contributed by atoms with van der Waals surface area (Å²) in [5.41, 5.74) is 2.11. The maximum absolute atomic E-state index is 13.3. The van der Waals surface area contributed by atoms with Crippen LogP contribution >= 0.6 is 7.82 Å². The van der Waals surface area contributed by atoms with Gasteiger partial charge in [0.05, 0.1) is 13.2 Å². The molecular formula is C23H23O5P. The Kier molecular flexibility index (Phi) is 7.50. The van der Waals surface area contributed by atoms with E-state index < -0.39 is 13.9 Å². The van der Waals surface area contributed by atoms with Crippen LogP contribution in [0.15, 0.2) is 91.0 Å². The summed E-state index contributed by atoms with van der Waals surface area (Å²) in [5, 5.41) is 0. The quantitative estimate of drug-likeness (QED) is 0.311. The Hall–Kier alpha value is -2.56. The fraction of sp³-hybridized carbons (Fsp3) is 0.174. The van der Waals surface area contributed by atoms with Crippen LogP contribution in [-0.2, 0) is 31.4 Å². The van der Waals surface area contributed by atoms with Crippen molar-refractivity contribution >= 4 is 13.6 Å². The predicted octanol–water partition coefficient (Wildman–Crippen LogP) is 5.82. The number of phosphoric ester groups is 1. The lowest BCUT2D eigenvalue weighted by Crippen LogP contribution is -2.21. The highest BCUT2D eigenvalue weighted by Gasteiger charge is 2.32. The molecule has 3 aromatic rings. The van der Waals surface area contributed by atoms with Gasteiger partial charge in [0.25, 0.3) is 0 Å². The maximum atomic E-state index is 13.3. The van der Waals surface area contributed by atoms with Crippen molar-refractivity contribution in [3.05, 3.63) is 108 Å². The molecule has 3 aromatic carbocycles. The average molecular weight is 410 g/mol. The minimum atomic E-state index is -4.00. The van der Waals surface area contributed by atoms with Crippen LogP contribution in [0.2, 0.25) is 0 Å². The summed E-state index contributed by atoms with van der Waals surface area (Å²) in [7, 11) is -4.00. The monoisotopic (exact) mass is 410 g/mol. The molecule has 29 heavy (non-hydrogen) atoms. The molecular weight excluding hydrogens is 387 g/mol. The minimum Gasteiger partial charge on any atom is -0.291 e. The maximum Gasteiger partial charge on any atom is 0.476 e. The molecule has 0 heterocycles. The Balaban J connectivity index is 1.71. The Bertz CT molecular complexity index is 897. The first-order chi connectivity index (χ1) is 14.1. The molecule has 0 radical (unpaired) electrons. The Labute approximate surface area is 170 Å². The number of hydrogen-bond acceptors (Lipinski definition) is 5. The number of hydrogen-bond donors (Lipinski definition) is 0. The highest BCUT2D eigenvalue weighted by molar-refractivity contribution is 7.48. The van der Waals surface area contributed by atoms with E-state index >= 15 is 0 Å². The van der Waals surface area contributed by atoms with Gasteiger partial charge >= 0.3 is 7.82 Å². The first-order valence-electron chi connectivity index (χ1n) is 9.30. The summed E-state index contributed by atoms with van der Waals surface area (Å²) in [5.74, 6) is -0.294. The molecule has 0 saturated heterocycles. The lowest BCUT2D eigenvalue weighted by molar-refractivity contribution is 0.0581. The molecule has 0 N–H and O–H groups in total. The molecule has 0 spiro atoms. The molecule has 150 valence electrons. The van der Waals surface area contributed by atoms with Gasteiger partial charge in [0.15, 0.2) is 5.78 Å². The van der Waals surface area contributed by atoms with Gasteiger partial charge in [0.2, 0.25) is 0 Å². The van der Waals surface area contributed by atoms with Crippen LogP contribution in [0.25, 0.3) is 0 Å². The number of benzene rings is 3. The van der Waals surface area contributed by atoms with E-state index in [2.05, 4.69) is 0 Å². The molecule has 0 aliphatic rings. The van der Waals surface area contributed by atoms with Crippen LogP contribution < -0.4 is 0 Å². The van der Waals surface area contributed by atoms with Gasteiger partial charge < -0.3 is 0 Å². The lowest BCUT2D eigenvalue weighted by Gasteiger charge is -2.21. The second-order valence-corrected chi connectivity index (χ2v) is 8.06. The zero-order chi connectivity index (χ0) is 20.5. The van der Waals surface area contributed by atoms with E-state index in [-0.39, 0.29) is 19.0 Å². The topological polar surface area (TPSA) is 61.8 Å². The molecule has 5 nitrogen and oxygen atoms in total. The largest absolute Gasteiger partial charge is 0.476 e. The molecule has 0 bridgehead atoms. The van der Waals surface area contributed by atoms with Crippen molar-refractivity contribution < 1.29 is 22.9 Å². The lowest BCUT2D eigenvalue weighted by atomic mass is 10.1. The Morgan fingerprint density at radius 3 is 1.62 bits per heavy atom. The van der Waals surface area contributed by atoms with E-state index in [1.807, 2.05) is 66.7 Å². The molecule has 0 fully saturated rings. The van der Waals surface area contributed by atoms with Crippen LogP contribution in [0.5, 0.6) is 0 Å². The standard InChI is InChI=1S/C23H23O5P/c1-19(23(24)22-15-9-4-10-16-22)28-29(25,26-17-20-11-5-2-6-12-20)27-18-21-13-7-3-8-14-21/h2-16,19H,17-18H2,1H3. The van der Waals surface area contributed by atoms with Crippen molar-refractivity contribution in [2.45, 2.75) is 26.2 Å². The van der Waals surface area contributed by atoms with Crippen molar-refractivity contribution in [1.82, 2.24) is 0 Å². The average Bonchev–Trinajstić information content (AvgIpc) is 2.78. The van der Waals surface area contributed by atoms with Gasteiger partial charge in [-0.25, -0.2) is 4.57 Å². The van der Waals surface area contributed by atoms with Gasteiger partial charge in [0.1, 0.15) is 6.10 Å². The number of carbonyl (C=O) groups is 1. The van der Waals surface area contributed by atoms with E-state index in [0.717, 1.165) is 11.1 Å². The highest BCUT2D eigenvalue weighted by atomic mass is 31.2. The summed E-state index contributed by atoms with van der Waals surface area (Å²) in [6.07, 6.45) is -0.991. The second kappa shape index (κ2) is 10.3. The first kappa shape index (κ1) is 21.2. The second-order valence-electron chi connectivity index (χ2n) is 6.44. The van der Waals surface area contributed by atoms with Gasteiger partial charge in [-0.1, -0.05) is 91.0 Å². The Morgan fingerprint density at radius 1 is 0.759 bits per heavy atom. The number of phosphoric acid groups is 1. The molecule has 3 rings (SSSR count). The summed E-state index contributed by atoms with van der Waals surface area (Å²) < 4.78 is 30.0. The molecule has 0 aromatic heterocycles. The highest BCUT2D eigenvalue weighted by Crippen LogP contribution is 2.52. The van der Waals surface area contributed by atoms with Crippen LogP contribution in [0, 0.1) is 0 Å². The molecule has 0 saturated carbocycles. The molecule has 0 aliphatic carbocycles. The van der Waals surface area contributed by atoms with Crippen molar-refractivity contribution in [3.8, 4) is 0 Å². The van der Waals surface area contributed by atoms with Crippen molar-refractivity contribution in [1.29, 1.82) is 0 Å². The predicted molar refractivity (Wildman–Crippen MR) is 111 cm³/mol. The van der Waals surface area contributed by atoms with Crippen LogP contribution in [0.3, 0.4) is 0 Å². The zero-order valence-corrected chi connectivity index (χ0v) is 17.0. The SMILES string of the molecule is CC(OP(=O)(OCc1ccccc1)OCc1ccccc1)C(=O)c1ccccc1. The van der Waals surface area contributed by atoms with Gasteiger partial charge in [0, 0.05) is 5.56 Å². The van der Waals surface area contributed by atoms with Crippen molar-refractivity contribution in [2.24, 2.45) is 0 Å². The van der Waals surface area contributed by atoms with Gasteiger partial charge in [-0.15, -0.1) is 0 Å². The van der Waals surface area contributed by atoms with Gasteiger partial charge in [-0.3, -0.25) is 18.4 Å². The summed E-state index contributed by atoms with van der Waals surface area (Å²) in [6.45, 7) is 1.62. The van der Waals surface area contributed by atoms with E-state index in [4.69, 9.17) is 13.6 Å².